The Hall–Kier alpha value is -2.37. The third kappa shape index (κ3) is 3.04. The zero-order valence-electron chi connectivity index (χ0n) is 9.30. The number of ether oxygens (including phenoxy) is 1. The number of anilines is 1. The maximum atomic E-state index is 11.0. The number of hydrogen-bond donors (Lipinski definition) is 2. The molecule has 0 saturated heterocycles. The van der Waals surface area contributed by atoms with Crippen molar-refractivity contribution in [2.45, 2.75) is 6.54 Å². The van der Waals surface area contributed by atoms with Crippen molar-refractivity contribution < 1.29 is 4.74 Å². The number of hydrogen-bond acceptors (Lipinski definition) is 5. The number of aromatic nitrogens is 3. The monoisotopic (exact) mass is 232 g/mol. The van der Waals surface area contributed by atoms with Gasteiger partial charge in [-0.05, 0) is 11.6 Å². The van der Waals surface area contributed by atoms with Crippen molar-refractivity contribution >= 4 is 5.82 Å². The van der Waals surface area contributed by atoms with Gasteiger partial charge in [-0.3, -0.25) is 4.79 Å². The lowest BCUT2D eigenvalue weighted by atomic mass is 10.2. The molecular formula is C11H12N4O2. The highest BCUT2D eigenvalue weighted by Gasteiger charge is 1.98. The Kier molecular flexibility index (Phi) is 3.34. The van der Waals surface area contributed by atoms with E-state index in [-0.39, 0.29) is 5.56 Å². The van der Waals surface area contributed by atoms with E-state index in [1.807, 2.05) is 12.1 Å². The fraction of sp³-hybridized carbons (Fsp3) is 0.182. The van der Waals surface area contributed by atoms with Gasteiger partial charge < -0.3 is 15.0 Å². The van der Waals surface area contributed by atoms with Crippen molar-refractivity contribution in [2.24, 2.45) is 0 Å². The minimum absolute atomic E-state index is 0.185. The summed E-state index contributed by atoms with van der Waals surface area (Å²) in [6.45, 7) is 0.551. The van der Waals surface area contributed by atoms with Gasteiger partial charge in [-0.15, -0.1) is 0 Å². The third-order valence-corrected chi connectivity index (χ3v) is 2.16. The van der Waals surface area contributed by atoms with Crippen LogP contribution in [0.3, 0.4) is 0 Å². The Morgan fingerprint density at radius 2 is 2.29 bits per heavy atom. The topological polar surface area (TPSA) is 79.9 Å². The lowest BCUT2D eigenvalue weighted by Gasteiger charge is -2.05. The van der Waals surface area contributed by atoms with Gasteiger partial charge in [-0.1, -0.05) is 0 Å². The first-order chi connectivity index (χ1) is 8.28. The molecule has 0 aliphatic rings. The van der Waals surface area contributed by atoms with Crippen LogP contribution in [0.15, 0.2) is 35.5 Å². The van der Waals surface area contributed by atoms with Crippen molar-refractivity contribution in [2.75, 3.05) is 12.4 Å². The summed E-state index contributed by atoms with van der Waals surface area (Å²) in [6.07, 6.45) is 3.03. The van der Waals surface area contributed by atoms with E-state index in [0.29, 0.717) is 18.2 Å². The van der Waals surface area contributed by atoms with Crippen molar-refractivity contribution in [3.63, 3.8) is 0 Å². The maximum Gasteiger partial charge on any atom is 0.252 e. The molecule has 0 atom stereocenters. The van der Waals surface area contributed by atoms with Gasteiger partial charge in [0.05, 0.1) is 13.4 Å². The Labute approximate surface area is 97.7 Å². The lowest BCUT2D eigenvalue weighted by Crippen LogP contribution is -2.09. The summed E-state index contributed by atoms with van der Waals surface area (Å²) in [5.74, 6) is 1.09. The molecule has 0 radical (unpaired) electrons. The normalized spacial score (nSPS) is 9.94. The first kappa shape index (κ1) is 11.1. The standard InChI is InChI=1S/C11H12N4O2/c1-17-11-4-8(2-3-12-11)6-13-9-5-10(16)15-7-14-9/h2-5,7H,6H2,1H3,(H2,13,14,15,16). The molecule has 0 unspecified atom stereocenters. The molecule has 2 aromatic rings. The summed E-state index contributed by atoms with van der Waals surface area (Å²) in [5.41, 5.74) is 0.814. The van der Waals surface area contributed by atoms with Crippen molar-refractivity contribution in [1.82, 2.24) is 15.0 Å². The number of rotatable bonds is 4. The van der Waals surface area contributed by atoms with Gasteiger partial charge >= 0.3 is 0 Å². The Morgan fingerprint density at radius 1 is 1.41 bits per heavy atom. The first-order valence-electron chi connectivity index (χ1n) is 5.05. The molecule has 0 amide bonds. The van der Waals surface area contributed by atoms with Crippen molar-refractivity contribution in [1.29, 1.82) is 0 Å². The highest BCUT2D eigenvalue weighted by molar-refractivity contribution is 5.34. The van der Waals surface area contributed by atoms with Crippen LogP contribution in [0.5, 0.6) is 5.88 Å². The largest absolute Gasteiger partial charge is 0.481 e. The van der Waals surface area contributed by atoms with Gasteiger partial charge in [-0.25, -0.2) is 9.97 Å². The molecule has 0 saturated carbocycles. The Balaban J connectivity index is 2.04. The molecule has 17 heavy (non-hydrogen) atoms. The summed E-state index contributed by atoms with van der Waals surface area (Å²) in [5, 5.41) is 3.04. The fourth-order valence-electron chi connectivity index (χ4n) is 1.33. The number of nitrogens with zero attached hydrogens (tertiary/aromatic N) is 2. The number of methoxy groups -OCH3 is 1. The van der Waals surface area contributed by atoms with E-state index in [0.717, 1.165) is 5.56 Å². The fourth-order valence-corrected chi connectivity index (χ4v) is 1.33. The summed E-state index contributed by atoms with van der Waals surface area (Å²) < 4.78 is 5.02. The average molecular weight is 232 g/mol. The quantitative estimate of drug-likeness (QED) is 0.814. The first-order valence-corrected chi connectivity index (χ1v) is 5.05. The second-order valence-electron chi connectivity index (χ2n) is 3.36. The van der Waals surface area contributed by atoms with E-state index in [9.17, 15) is 4.79 Å². The van der Waals surface area contributed by atoms with E-state index in [2.05, 4.69) is 20.3 Å². The van der Waals surface area contributed by atoms with Crippen LogP contribution < -0.4 is 15.6 Å². The van der Waals surface area contributed by atoms with E-state index < -0.39 is 0 Å². The highest BCUT2D eigenvalue weighted by Crippen LogP contribution is 2.09. The molecule has 0 aromatic carbocycles. The molecule has 0 bridgehead atoms. The molecule has 6 nitrogen and oxygen atoms in total. The second-order valence-corrected chi connectivity index (χ2v) is 3.36. The van der Waals surface area contributed by atoms with Crippen LogP contribution in [0.25, 0.3) is 0 Å². The van der Waals surface area contributed by atoms with Crippen LogP contribution in [0, 0.1) is 0 Å². The van der Waals surface area contributed by atoms with Crippen LogP contribution >= 0.6 is 0 Å². The Morgan fingerprint density at radius 3 is 3.06 bits per heavy atom. The van der Waals surface area contributed by atoms with Gasteiger partial charge in [0.15, 0.2) is 0 Å². The molecule has 0 aliphatic carbocycles. The molecule has 2 heterocycles. The summed E-state index contributed by atoms with van der Waals surface area (Å²) >= 11 is 0. The number of aromatic amines is 1. The number of nitrogens with one attached hydrogen (secondary N) is 2. The molecule has 2 N–H and O–H groups in total. The summed E-state index contributed by atoms with van der Waals surface area (Å²) in [6, 6.07) is 5.08. The van der Waals surface area contributed by atoms with Crippen LogP contribution in [-0.2, 0) is 6.54 Å². The second kappa shape index (κ2) is 5.11. The van der Waals surface area contributed by atoms with Crippen LogP contribution in [0.1, 0.15) is 5.56 Å². The smallest absolute Gasteiger partial charge is 0.252 e. The van der Waals surface area contributed by atoms with E-state index in [1.165, 1.54) is 12.4 Å². The maximum absolute atomic E-state index is 11.0. The third-order valence-electron chi connectivity index (χ3n) is 2.16. The molecule has 88 valence electrons. The Bertz CT molecular complexity index is 553. The molecular weight excluding hydrogens is 220 g/mol. The van der Waals surface area contributed by atoms with Crippen molar-refractivity contribution in [3.05, 3.63) is 46.6 Å². The van der Waals surface area contributed by atoms with Crippen LogP contribution in [0.4, 0.5) is 5.82 Å². The predicted molar refractivity (Wildman–Crippen MR) is 63.0 cm³/mol. The van der Waals surface area contributed by atoms with E-state index in [1.54, 1.807) is 13.3 Å². The minimum atomic E-state index is -0.185. The summed E-state index contributed by atoms with van der Waals surface area (Å²) in [4.78, 5) is 21.5. The van der Waals surface area contributed by atoms with Gasteiger partial charge in [-0.2, -0.15) is 0 Å². The minimum Gasteiger partial charge on any atom is -0.481 e. The number of H-pyrrole nitrogens is 1. The highest BCUT2D eigenvalue weighted by atomic mass is 16.5. The lowest BCUT2D eigenvalue weighted by molar-refractivity contribution is 0.397. The zero-order valence-corrected chi connectivity index (χ0v) is 9.30. The van der Waals surface area contributed by atoms with Gasteiger partial charge in [0.25, 0.3) is 5.56 Å². The predicted octanol–water partition coefficient (Wildman–Crippen LogP) is 0.786. The van der Waals surface area contributed by atoms with Gasteiger partial charge in [0.2, 0.25) is 5.88 Å². The van der Waals surface area contributed by atoms with Crippen LogP contribution in [0.2, 0.25) is 0 Å². The van der Waals surface area contributed by atoms with Gasteiger partial charge in [0.1, 0.15) is 5.82 Å². The number of pyridine rings is 1. The SMILES string of the molecule is COc1cc(CNc2cc(=O)[nH]cn2)ccn1. The molecule has 6 heteroatoms. The van der Waals surface area contributed by atoms with Crippen LogP contribution in [-0.4, -0.2) is 22.1 Å². The summed E-state index contributed by atoms with van der Waals surface area (Å²) in [7, 11) is 1.57. The zero-order chi connectivity index (χ0) is 12.1. The molecule has 2 rings (SSSR count). The van der Waals surface area contributed by atoms with E-state index in [4.69, 9.17) is 4.74 Å². The molecule has 0 fully saturated rings. The van der Waals surface area contributed by atoms with E-state index >= 15 is 0 Å². The molecule has 0 aliphatic heterocycles. The van der Waals surface area contributed by atoms with Crippen molar-refractivity contribution in [3.8, 4) is 5.88 Å². The molecule has 0 spiro atoms. The molecule has 2 aromatic heterocycles. The van der Waals surface area contributed by atoms with Gasteiger partial charge in [0, 0.05) is 24.9 Å². The average Bonchev–Trinajstić information content (AvgIpc) is 2.37.